The third-order valence-electron chi connectivity index (χ3n) is 6.57. The summed E-state index contributed by atoms with van der Waals surface area (Å²) < 4.78 is 45.4. The second kappa shape index (κ2) is 15.2. The molecule has 0 aliphatic rings. The number of hydrogen-bond donors (Lipinski definition) is 1. The van der Waals surface area contributed by atoms with Crippen LogP contribution in [0, 0.1) is 0 Å². The highest BCUT2D eigenvalue weighted by molar-refractivity contribution is 7.92. The van der Waals surface area contributed by atoms with Crippen molar-refractivity contribution in [2.45, 2.75) is 38.3 Å². The molecule has 3 aromatic rings. The molecule has 43 heavy (non-hydrogen) atoms. The number of ether oxygens (including phenoxy) is 3. The maximum Gasteiger partial charge on any atom is 0.264 e. The van der Waals surface area contributed by atoms with Crippen LogP contribution in [0.2, 0.25) is 10.0 Å². The Balaban J connectivity index is 2.11. The van der Waals surface area contributed by atoms with E-state index in [4.69, 9.17) is 37.4 Å². The summed E-state index contributed by atoms with van der Waals surface area (Å²) in [6.45, 7) is 5.12. The first-order chi connectivity index (χ1) is 20.5. The van der Waals surface area contributed by atoms with Gasteiger partial charge >= 0.3 is 0 Å². The van der Waals surface area contributed by atoms with Crippen LogP contribution in [0.3, 0.4) is 0 Å². The zero-order valence-electron chi connectivity index (χ0n) is 24.6. The Bertz CT molecular complexity index is 1510. The van der Waals surface area contributed by atoms with Crippen LogP contribution in [0.15, 0.2) is 65.6 Å². The quantitative estimate of drug-likeness (QED) is 0.256. The summed E-state index contributed by atoms with van der Waals surface area (Å²) in [5.74, 6) is -0.0203. The molecule has 0 saturated carbocycles. The molecule has 3 aromatic carbocycles. The van der Waals surface area contributed by atoms with Gasteiger partial charge in [-0.25, -0.2) is 8.42 Å². The number of halogens is 2. The van der Waals surface area contributed by atoms with Crippen molar-refractivity contribution in [1.82, 2.24) is 10.2 Å². The van der Waals surface area contributed by atoms with Gasteiger partial charge in [0.1, 0.15) is 18.3 Å². The molecule has 10 nitrogen and oxygen atoms in total. The minimum Gasteiger partial charge on any atom is -0.494 e. The van der Waals surface area contributed by atoms with Gasteiger partial charge in [-0.15, -0.1) is 0 Å². The molecule has 0 bridgehead atoms. The normalized spacial score (nSPS) is 11.8. The third kappa shape index (κ3) is 8.04. The van der Waals surface area contributed by atoms with Gasteiger partial charge in [-0.1, -0.05) is 29.3 Å². The maximum atomic E-state index is 14.1. The van der Waals surface area contributed by atoms with Crippen molar-refractivity contribution in [3.63, 3.8) is 0 Å². The average molecular weight is 653 g/mol. The van der Waals surface area contributed by atoms with Crippen LogP contribution in [-0.4, -0.2) is 65.1 Å². The van der Waals surface area contributed by atoms with E-state index in [0.717, 1.165) is 4.31 Å². The van der Waals surface area contributed by atoms with Crippen LogP contribution in [0.1, 0.15) is 26.3 Å². The molecular formula is C30H35Cl2N3O7S. The monoisotopic (exact) mass is 651 g/mol. The number of sulfonamides is 1. The van der Waals surface area contributed by atoms with Crippen LogP contribution < -0.4 is 23.8 Å². The van der Waals surface area contributed by atoms with Gasteiger partial charge in [-0.3, -0.25) is 13.9 Å². The van der Waals surface area contributed by atoms with Gasteiger partial charge in [0.05, 0.1) is 31.4 Å². The number of carbonyl (C=O) groups excluding carboxylic acids is 2. The molecule has 1 atom stereocenters. The van der Waals surface area contributed by atoms with E-state index in [1.807, 2.05) is 6.92 Å². The van der Waals surface area contributed by atoms with Crippen molar-refractivity contribution < 1.29 is 32.2 Å². The highest BCUT2D eigenvalue weighted by Gasteiger charge is 2.33. The number of hydrogen-bond acceptors (Lipinski definition) is 7. The van der Waals surface area contributed by atoms with E-state index in [1.165, 1.54) is 37.3 Å². The lowest BCUT2D eigenvalue weighted by molar-refractivity contribution is -0.139. The van der Waals surface area contributed by atoms with Crippen molar-refractivity contribution in [1.29, 1.82) is 0 Å². The standard InChI is InChI=1S/C30H35Cl2N3O7S/c1-6-33-30(37)20(3)34(18-24-25(31)9-8-10-26(24)32)29(36)19-35(21-11-13-22(14-12-21)42-7-2)43(38,39)23-15-16-27(40-4)28(17-23)41-5/h8-17,20H,6-7,18-19H2,1-5H3,(H,33,37). The molecule has 1 N–H and O–H groups in total. The number of likely N-dealkylation sites (N-methyl/N-ethyl adjacent to an activating group) is 1. The summed E-state index contributed by atoms with van der Waals surface area (Å²) >= 11 is 12.8. The van der Waals surface area contributed by atoms with Crippen LogP contribution in [0.4, 0.5) is 5.69 Å². The number of amides is 2. The third-order valence-corrected chi connectivity index (χ3v) is 9.04. The average Bonchev–Trinajstić information content (AvgIpc) is 2.99. The van der Waals surface area contributed by atoms with Crippen LogP contribution in [0.25, 0.3) is 0 Å². The second-order valence-corrected chi connectivity index (χ2v) is 11.9. The highest BCUT2D eigenvalue weighted by Crippen LogP contribution is 2.33. The van der Waals surface area contributed by atoms with Gasteiger partial charge in [0.2, 0.25) is 11.8 Å². The fraction of sp³-hybridized carbons (Fsp3) is 0.333. The summed E-state index contributed by atoms with van der Waals surface area (Å²) in [6.07, 6.45) is 0. The summed E-state index contributed by atoms with van der Waals surface area (Å²) in [4.78, 5) is 28.1. The molecule has 0 aromatic heterocycles. The molecule has 3 rings (SSSR count). The van der Waals surface area contributed by atoms with Crippen molar-refractivity contribution in [3.05, 3.63) is 76.3 Å². The Morgan fingerprint density at radius 3 is 2.12 bits per heavy atom. The van der Waals surface area contributed by atoms with Gasteiger partial charge < -0.3 is 24.4 Å². The summed E-state index contributed by atoms with van der Waals surface area (Å²) in [7, 11) is -1.53. The lowest BCUT2D eigenvalue weighted by Crippen LogP contribution is -2.51. The predicted molar refractivity (Wildman–Crippen MR) is 167 cm³/mol. The summed E-state index contributed by atoms with van der Waals surface area (Å²) in [5, 5.41) is 3.31. The molecule has 1 unspecified atom stereocenters. The van der Waals surface area contributed by atoms with Gasteiger partial charge in [-0.05, 0) is 69.3 Å². The molecule has 0 spiro atoms. The first kappa shape index (κ1) is 33.8. The van der Waals surface area contributed by atoms with Gasteiger partial charge in [0, 0.05) is 34.8 Å². The number of rotatable bonds is 14. The number of nitrogens with one attached hydrogen (secondary N) is 1. The molecule has 0 aliphatic heterocycles. The zero-order valence-corrected chi connectivity index (χ0v) is 26.9. The molecule has 232 valence electrons. The molecule has 0 heterocycles. The summed E-state index contributed by atoms with van der Waals surface area (Å²) in [5.41, 5.74) is 0.624. The predicted octanol–water partition coefficient (Wildman–Crippen LogP) is 5.16. The molecule has 13 heteroatoms. The van der Waals surface area contributed by atoms with E-state index in [9.17, 15) is 18.0 Å². The van der Waals surface area contributed by atoms with E-state index in [1.54, 1.807) is 56.3 Å². The Morgan fingerprint density at radius 1 is 0.930 bits per heavy atom. The first-order valence-electron chi connectivity index (χ1n) is 13.5. The largest absolute Gasteiger partial charge is 0.494 e. The topological polar surface area (TPSA) is 114 Å². The number of carbonyl (C=O) groups is 2. The minimum atomic E-state index is -4.35. The van der Waals surface area contributed by atoms with Crippen molar-refractivity contribution in [3.8, 4) is 17.2 Å². The van der Waals surface area contributed by atoms with Gasteiger partial charge in [-0.2, -0.15) is 0 Å². The number of methoxy groups -OCH3 is 2. The lowest BCUT2D eigenvalue weighted by atomic mass is 10.1. The van der Waals surface area contributed by atoms with E-state index < -0.39 is 34.4 Å². The summed E-state index contributed by atoms with van der Waals surface area (Å²) in [6, 6.07) is 14.4. The fourth-order valence-corrected chi connectivity index (χ4v) is 6.21. The fourth-order valence-electron chi connectivity index (χ4n) is 4.27. The molecule has 0 radical (unpaired) electrons. The van der Waals surface area contributed by atoms with Crippen LogP contribution in [-0.2, 0) is 26.2 Å². The molecule has 0 aliphatic carbocycles. The van der Waals surface area contributed by atoms with Crippen molar-refractivity contribution in [2.75, 3.05) is 38.2 Å². The molecule has 2 amide bonds. The molecule has 0 saturated heterocycles. The van der Waals surface area contributed by atoms with Crippen LogP contribution >= 0.6 is 23.2 Å². The Labute approximate surface area is 262 Å². The minimum absolute atomic E-state index is 0.135. The van der Waals surface area contributed by atoms with E-state index in [2.05, 4.69) is 5.32 Å². The lowest BCUT2D eigenvalue weighted by Gasteiger charge is -2.32. The van der Waals surface area contributed by atoms with E-state index >= 15 is 0 Å². The Morgan fingerprint density at radius 2 is 1.56 bits per heavy atom. The molecular weight excluding hydrogens is 617 g/mol. The Hall–Kier alpha value is -3.67. The Kier molecular flexibility index (Phi) is 11.9. The van der Waals surface area contributed by atoms with Crippen molar-refractivity contribution in [2.24, 2.45) is 0 Å². The SMILES string of the molecule is CCNC(=O)C(C)N(Cc1c(Cl)cccc1Cl)C(=O)CN(c1ccc(OCC)cc1)S(=O)(=O)c1ccc(OC)c(OC)c1. The smallest absolute Gasteiger partial charge is 0.264 e. The maximum absolute atomic E-state index is 14.1. The zero-order chi connectivity index (χ0) is 31.7. The van der Waals surface area contributed by atoms with Crippen LogP contribution in [0.5, 0.6) is 17.2 Å². The number of benzene rings is 3. The number of anilines is 1. The second-order valence-electron chi connectivity index (χ2n) is 9.25. The number of nitrogens with zero attached hydrogens (tertiary/aromatic N) is 2. The van der Waals surface area contributed by atoms with Gasteiger partial charge in [0.15, 0.2) is 11.5 Å². The van der Waals surface area contributed by atoms with E-state index in [-0.39, 0.29) is 22.9 Å². The van der Waals surface area contributed by atoms with Crippen molar-refractivity contribution >= 4 is 50.7 Å². The van der Waals surface area contributed by atoms with Gasteiger partial charge in [0.25, 0.3) is 10.0 Å². The molecule has 0 fully saturated rings. The first-order valence-corrected chi connectivity index (χ1v) is 15.7. The highest BCUT2D eigenvalue weighted by atomic mass is 35.5. The van der Waals surface area contributed by atoms with E-state index in [0.29, 0.717) is 40.3 Å².